The Morgan fingerprint density at radius 1 is 1.22 bits per heavy atom. The predicted molar refractivity (Wildman–Crippen MR) is 89.0 cm³/mol. The van der Waals surface area contributed by atoms with E-state index in [0.717, 1.165) is 10.3 Å². The second kappa shape index (κ2) is 6.34. The number of nitrogens with zero attached hydrogens (tertiary/aromatic N) is 1. The van der Waals surface area contributed by atoms with Crippen molar-refractivity contribution in [1.82, 2.24) is 9.27 Å². The fourth-order valence-electron chi connectivity index (χ4n) is 2.29. The molecule has 23 heavy (non-hydrogen) atoms. The number of rotatable bonds is 4. The molecule has 0 radical (unpaired) electrons. The zero-order valence-corrected chi connectivity index (χ0v) is 13.3. The van der Waals surface area contributed by atoms with Crippen molar-refractivity contribution in [2.75, 3.05) is 0 Å². The maximum Gasteiger partial charge on any atom is 0.269 e. The smallest absolute Gasteiger partial charge is 0.269 e. The lowest BCUT2D eigenvalue weighted by Gasteiger charge is -2.12. The van der Waals surface area contributed by atoms with E-state index in [4.69, 9.17) is 0 Å². The van der Waals surface area contributed by atoms with Gasteiger partial charge in [0.25, 0.3) is 5.56 Å². The van der Waals surface area contributed by atoms with Crippen molar-refractivity contribution in [2.24, 2.45) is 0 Å². The molecular weight excluding hydrogens is 315 g/mol. The highest BCUT2D eigenvalue weighted by Gasteiger charge is 2.19. The van der Waals surface area contributed by atoms with Crippen molar-refractivity contribution in [3.05, 3.63) is 70.3 Å². The molecule has 0 saturated carbocycles. The van der Waals surface area contributed by atoms with E-state index in [1.54, 1.807) is 31.2 Å². The molecule has 1 N–H and O–H groups in total. The van der Waals surface area contributed by atoms with Gasteiger partial charge in [0.2, 0.25) is 5.91 Å². The monoisotopic (exact) mass is 330 g/mol. The Morgan fingerprint density at radius 2 is 1.91 bits per heavy atom. The standard InChI is InChI=1S/C17H15FN2O2S/c1-11(16(21)19-10-12-6-8-13(18)9-7-12)20-17(22)14-4-2-3-5-15(14)23-20/h2-9,11H,10H2,1H3,(H,19,21)/t11-/m1/s1. The number of halogens is 1. The predicted octanol–water partition coefficient (Wildman–Crippen LogP) is 3.08. The van der Waals surface area contributed by atoms with Crippen LogP contribution in [-0.4, -0.2) is 9.86 Å². The van der Waals surface area contributed by atoms with Gasteiger partial charge < -0.3 is 5.32 Å². The van der Waals surface area contributed by atoms with Crippen LogP contribution >= 0.6 is 11.5 Å². The third-order valence-corrected chi connectivity index (χ3v) is 4.86. The Labute approximate surface area is 136 Å². The van der Waals surface area contributed by atoms with E-state index in [0.29, 0.717) is 11.9 Å². The Morgan fingerprint density at radius 3 is 2.61 bits per heavy atom. The average Bonchev–Trinajstić information content (AvgIpc) is 2.90. The van der Waals surface area contributed by atoms with Gasteiger partial charge in [0, 0.05) is 6.54 Å². The van der Waals surface area contributed by atoms with Crippen molar-refractivity contribution in [2.45, 2.75) is 19.5 Å². The van der Waals surface area contributed by atoms with Crippen molar-refractivity contribution < 1.29 is 9.18 Å². The minimum atomic E-state index is -0.597. The second-order valence-corrected chi connectivity index (χ2v) is 6.25. The number of hydrogen-bond acceptors (Lipinski definition) is 3. The van der Waals surface area contributed by atoms with Gasteiger partial charge in [-0.3, -0.25) is 13.5 Å². The molecule has 0 saturated heterocycles. The topological polar surface area (TPSA) is 51.1 Å². The van der Waals surface area contributed by atoms with Crippen LogP contribution in [0.3, 0.4) is 0 Å². The van der Waals surface area contributed by atoms with E-state index in [9.17, 15) is 14.0 Å². The molecule has 0 aliphatic rings. The first-order valence-electron chi connectivity index (χ1n) is 7.19. The summed E-state index contributed by atoms with van der Waals surface area (Å²) < 4.78 is 15.2. The van der Waals surface area contributed by atoms with Crippen LogP contribution in [0.15, 0.2) is 53.3 Å². The molecule has 1 atom stereocenters. The summed E-state index contributed by atoms with van der Waals surface area (Å²) in [6.45, 7) is 1.99. The minimum absolute atomic E-state index is 0.157. The molecule has 0 aliphatic carbocycles. The van der Waals surface area contributed by atoms with E-state index >= 15 is 0 Å². The molecule has 0 spiro atoms. The first kappa shape index (κ1) is 15.4. The first-order valence-corrected chi connectivity index (χ1v) is 7.96. The van der Waals surface area contributed by atoms with Gasteiger partial charge in [-0.15, -0.1) is 0 Å². The Hall–Kier alpha value is -2.47. The highest BCUT2D eigenvalue weighted by atomic mass is 32.1. The summed E-state index contributed by atoms with van der Waals surface area (Å²) in [5, 5.41) is 3.39. The molecule has 118 valence electrons. The summed E-state index contributed by atoms with van der Waals surface area (Å²) in [6.07, 6.45) is 0. The summed E-state index contributed by atoms with van der Waals surface area (Å²) in [7, 11) is 0. The quantitative estimate of drug-likeness (QED) is 0.799. The second-order valence-electron chi connectivity index (χ2n) is 5.24. The number of hydrogen-bond donors (Lipinski definition) is 1. The van der Waals surface area contributed by atoms with E-state index in [-0.39, 0.29) is 17.3 Å². The minimum Gasteiger partial charge on any atom is -0.350 e. The van der Waals surface area contributed by atoms with Gasteiger partial charge >= 0.3 is 0 Å². The molecule has 3 rings (SSSR count). The van der Waals surface area contributed by atoms with Gasteiger partial charge in [0.1, 0.15) is 11.9 Å². The third-order valence-electron chi connectivity index (χ3n) is 3.63. The Kier molecular flexibility index (Phi) is 4.25. The van der Waals surface area contributed by atoms with Gasteiger partial charge in [-0.2, -0.15) is 0 Å². The lowest BCUT2D eigenvalue weighted by molar-refractivity contribution is -0.123. The third kappa shape index (κ3) is 3.17. The molecule has 0 bridgehead atoms. The summed E-state index contributed by atoms with van der Waals surface area (Å²) in [6, 6.07) is 12.6. The molecule has 6 heteroatoms. The molecule has 0 unspecified atom stereocenters. The maximum atomic E-state index is 12.9. The van der Waals surface area contributed by atoms with Gasteiger partial charge in [0.05, 0.1) is 10.1 Å². The highest BCUT2D eigenvalue weighted by molar-refractivity contribution is 7.14. The molecular formula is C17H15FN2O2S. The van der Waals surface area contributed by atoms with Gasteiger partial charge in [-0.25, -0.2) is 4.39 Å². The van der Waals surface area contributed by atoms with Crippen LogP contribution in [0.2, 0.25) is 0 Å². The Balaban J connectivity index is 1.74. The van der Waals surface area contributed by atoms with E-state index in [1.807, 2.05) is 12.1 Å². The lowest BCUT2D eigenvalue weighted by Crippen LogP contribution is -2.33. The molecule has 0 aliphatic heterocycles. The number of nitrogens with one attached hydrogen (secondary N) is 1. The normalized spacial score (nSPS) is 12.3. The molecule has 4 nitrogen and oxygen atoms in total. The number of benzene rings is 2. The number of carbonyl (C=O) groups excluding carboxylic acids is 1. The van der Waals surface area contributed by atoms with Crippen molar-refractivity contribution in [3.63, 3.8) is 0 Å². The van der Waals surface area contributed by atoms with E-state index in [1.165, 1.54) is 27.6 Å². The van der Waals surface area contributed by atoms with E-state index in [2.05, 4.69) is 5.32 Å². The first-order chi connectivity index (χ1) is 11.1. The van der Waals surface area contributed by atoms with Crippen LogP contribution < -0.4 is 10.9 Å². The van der Waals surface area contributed by atoms with E-state index < -0.39 is 6.04 Å². The zero-order chi connectivity index (χ0) is 16.4. The van der Waals surface area contributed by atoms with Gasteiger partial charge in [-0.1, -0.05) is 35.8 Å². The Bertz CT molecular complexity index is 899. The SMILES string of the molecule is C[C@H](C(=O)NCc1ccc(F)cc1)n1sc2ccccc2c1=O. The molecule has 2 aromatic carbocycles. The van der Waals surface area contributed by atoms with Crippen molar-refractivity contribution >= 4 is 27.5 Å². The van der Waals surface area contributed by atoms with Gasteiger partial charge in [0.15, 0.2) is 0 Å². The van der Waals surface area contributed by atoms with Crippen molar-refractivity contribution in [1.29, 1.82) is 0 Å². The molecule has 1 heterocycles. The zero-order valence-electron chi connectivity index (χ0n) is 12.5. The van der Waals surface area contributed by atoms with Gasteiger partial charge in [-0.05, 0) is 36.8 Å². The number of aromatic nitrogens is 1. The van der Waals surface area contributed by atoms with Crippen molar-refractivity contribution in [3.8, 4) is 0 Å². The summed E-state index contributed by atoms with van der Waals surface area (Å²) in [5.41, 5.74) is 0.644. The largest absolute Gasteiger partial charge is 0.350 e. The van der Waals surface area contributed by atoms with Crippen LogP contribution in [-0.2, 0) is 11.3 Å². The average molecular weight is 330 g/mol. The fraction of sp³-hybridized carbons (Fsp3) is 0.176. The molecule has 1 aromatic heterocycles. The summed E-state index contributed by atoms with van der Waals surface area (Å²) >= 11 is 1.28. The number of carbonyl (C=O) groups is 1. The number of fused-ring (bicyclic) bond motifs is 1. The number of amides is 1. The van der Waals surface area contributed by atoms with Crippen LogP contribution in [0, 0.1) is 5.82 Å². The van der Waals surface area contributed by atoms with Crippen LogP contribution in [0.4, 0.5) is 4.39 Å². The highest BCUT2D eigenvalue weighted by Crippen LogP contribution is 2.19. The summed E-state index contributed by atoms with van der Waals surface area (Å²) in [4.78, 5) is 24.6. The summed E-state index contributed by atoms with van der Waals surface area (Å²) in [5.74, 6) is -0.562. The lowest BCUT2D eigenvalue weighted by atomic mass is 10.2. The maximum absolute atomic E-state index is 12.9. The van der Waals surface area contributed by atoms with Crippen LogP contribution in [0.5, 0.6) is 0 Å². The van der Waals surface area contributed by atoms with Crippen LogP contribution in [0.25, 0.3) is 10.1 Å². The molecule has 3 aromatic rings. The molecule has 0 fully saturated rings. The van der Waals surface area contributed by atoms with Crippen LogP contribution in [0.1, 0.15) is 18.5 Å². The fourth-order valence-corrected chi connectivity index (χ4v) is 3.33. The molecule has 1 amide bonds.